The summed E-state index contributed by atoms with van der Waals surface area (Å²) in [6.45, 7) is 0. The summed E-state index contributed by atoms with van der Waals surface area (Å²) >= 11 is 0. The summed E-state index contributed by atoms with van der Waals surface area (Å²) in [4.78, 5) is 0. The Bertz CT molecular complexity index is 5580. The first-order chi connectivity index (χ1) is 47.0. The van der Waals surface area contributed by atoms with Gasteiger partial charge in [-0.1, -0.05) is 133 Å². The van der Waals surface area contributed by atoms with Gasteiger partial charge in [0, 0.05) is 68.2 Å². The summed E-state index contributed by atoms with van der Waals surface area (Å²) in [5.41, 5.74) is 11.8. The smallest absolute Gasteiger partial charge is 0.132 e. The van der Waals surface area contributed by atoms with E-state index < -0.39 is 11.8 Å². The van der Waals surface area contributed by atoms with Crippen LogP contribution in [-0.4, -0.2) is 30.6 Å². The van der Waals surface area contributed by atoms with E-state index in [4.69, 9.17) is 18.9 Å². The molecule has 456 valence electrons. The zero-order valence-electron chi connectivity index (χ0n) is 50.9. The third-order valence-corrected chi connectivity index (χ3v) is 20.6. The molecule has 0 aromatic heterocycles. The lowest BCUT2D eigenvalue weighted by Crippen LogP contribution is -2.16. The Kier molecular flexibility index (Phi) is 11.2. The molecule has 0 radical (unpaired) electrons. The molecule has 0 spiro atoms. The van der Waals surface area contributed by atoms with Crippen LogP contribution in [0.5, 0.6) is 80.5 Å². The maximum Gasteiger partial charge on any atom is 0.132 e. The fourth-order valence-corrected chi connectivity index (χ4v) is 16.6. The van der Waals surface area contributed by atoms with Gasteiger partial charge >= 0.3 is 0 Å². The molecule has 0 bridgehead atoms. The van der Waals surface area contributed by atoms with Gasteiger partial charge in [0.25, 0.3) is 0 Å². The molecule has 10 heteroatoms. The van der Waals surface area contributed by atoms with Crippen molar-refractivity contribution in [2.75, 3.05) is 0 Å². The van der Waals surface area contributed by atoms with Gasteiger partial charge in [-0.25, -0.2) is 0 Å². The predicted octanol–water partition coefficient (Wildman–Crippen LogP) is 21.1. The second kappa shape index (κ2) is 19.9. The Morgan fingerprint density at radius 3 is 0.510 bits per heavy atom. The minimum atomic E-state index is -0.404. The van der Waals surface area contributed by atoms with Gasteiger partial charge in [0.1, 0.15) is 80.5 Å². The average Bonchev–Trinajstić information content (AvgIpc) is 0.725. The van der Waals surface area contributed by atoms with Gasteiger partial charge in [-0.05, 0) is 219 Å². The number of phenolic OH excluding ortho intramolecular Hbond substituents is 6. The Morgan fingerprint density at radius 1 is 0.167 bits per heavy atom. The molecule has 2 atom stereocenters. The summed E-state index contributed by atoms with van der Waals surface area (Å²) in [7, 11) is 0. The molecule has 10 nitrogen and oxygen atoms in total. The Hall–Kier alpha value is -12.7. The third kappa shape index (κ3) is 7.93. The van der Waals surface area contributed by atoms with Crippen LogP contribution in [0.15, 0.2) is 255 Å². The highest BCUT2D eigenvalue weighted by atomic mass is 16.5. The molecular weight excluding hydrogens is 1190 g/mol. The number of benzene rings is 16. The largest absolute Gasteiger partial charge is 0.508 e. The Morgan fingerprint density at radius 2 is 0.323 bits per heavy atom. The van der Waals surface area contributed by atoms with E-state index in [1.807, 2.05) is 109 Å². The van der Waals surface area contributed by atoms with Gasteiger partial charge in [-0.3, -0.25) is 0 Å². The standard InChI is InChI=1S/C86H52O10/c87-53-15-21-59-47(37-53)9-29-67-79(59)75(80-60-22-16-54(88)38-48(60)10-30-68(80)93-67)43-1-5-45(6-2-43)77-83-63-25-19-57(91)41-51(63)13-33-71(83)95-73-35-28-66-65(85(73)77)27-36-74-86(66)78(84-64-26-20-58(92)42-52(64)14-34-72(84)96-74)46-7-3-44(4-8-46)76-81-61-23-17-55(89)39-49(61)11-31-69(81)94-70-32-12-50-40-56(90)18-24-62(50)82(70)76/h1-42,75-78,87-92H. The van der Waals surface area contributed by atoms with Crippen LogP contribution in [-0.2, 0) is 0 Å². The minimum absolute atomic E-state index is 0.161. The van der Waals surface area contributed by atoms with E-state index in [9.17, 15) is 30.6 Å². The van der Waals surface area contributed by atoms with Gasteiger partial charge in [-0.2, -0.15) is 0 Å². The van der Waals surface area contributed by atoms with E-state index >= 15 is 0 Å². The first-order valence-corrected chi connectivity index (χ1v) is 32.0. The van der Waals surface area contributed by atoms with Crippen LogP contribution in [0.4, 0.5) is 0 Å². The lowest BCUT2D eigenvalue weighted by atomic mass is 9.74. The second-order valence-corrected chi connectivity index (χ2v) is 25.8. The SMILES string of the molecule is Oc1ccc2c3c(ccc2c1)Oc1ccc2cc(O)ccc2c1C3c1ccc(C2c3c(ccc4cc(O)ccc34)Oc3ccc4c5c(ccc4c32)Oc2ccc3cc(O)ccc3c2C5c2ccc(C3c4c(ccc5cc(O)ccc45)Oc4ccc5cc(O)ccc5c43)cc2)cc1. The van der Waals surface area contributed by atoms with Crippen molar-refractivity contribution in [2.45, 2.75) is 23.7 Å². The summed E-state index contributed by atoms with van der Waals surface area (Å²) in [6, 6.07) is 83.2. The first-order valence-electron chi connectivity index (χ1n) is 32.0. The molecule has 0 fully saturated rings. The molecule has 0 saturated heterocycles. The molecule has 20 rings (SSSR count). The van der Waals surface area contributed by atoms with Crippen molar-refractivity contribution >= 4 is 75.4 Å². The van der Waals surface area contributed by atoms with E-state index in [-0.39, 0.29) is 46.3 Å². The minimum Gasteiger partial charge on any atom is -0.508 e. The summed E-state index contributed by atoms with van der Waals surface area (Å²) in [5, 5.41) is 77.9. The van der Waals surface area contributed by atoms with Crippen LogP contribution < -0.4 is 18.9 Å². The van der Waals surface area contributed by atoms with Gasteiger partial charge in [0.15, 0.2) is 0 Å². The second-order valence-electron chi connectivity index (χ2n) is 25.8. The van der Waals surface area contributed by atoms with Gasteiger partial charge in [0.2, 0.25) is 0 Å². The van der Waals surface area contributed by atoms with Crippen molar-refractivity contribution in [1.29, 1.82) is 0 Å². The fourth-order valence-electron chi connectivity index (χ4n) is 16.6. The number of hydrogen-bond donors (Lipinski definition) is 6. The van der Waals surface area contributed by atoms with Crippen LogP contribution in [0.2, 0.25) is 0 Å². The number of phenols is 6. The fraction of sp³-hybridized carbons (Fsp3) is 0.0465. The van der Waals surface area contributed by atoms with Gasteiger partial charge in [-0.15, -0.1) is 0 Å². The lowest BCUT2D eigenvalue weighted by molar-refractivity contribution is 0.453. The van der Waals surface area contributed by atoms with E-state index in [2.05, 4.69) is 72.8 Å². The van der Waals surface area contributed by atoms with Crippen LogP contribution in [0.1, 0.15) is 90.4 Å². The van der Waals surface area contributed by atoms with Crippen molar-refractivity contribution in [3.05, 3.63) is 322 Å². The Labute approximate surface area is 547 Å². The zero-order chi connectivity index (χ0) is 63.9. The summed E-state index contributed by atoms with van der Waals surface area (Å²) in [5.74, 6) is 5.28. The van der Waals surface area contributed by atoms with Crippen LogP contribution in [0.25, 0.3) is 75.4 Å². The van der Waals surface area contributed by atoms with Gasteiger partial charge < -0.3 is 49.6 Å². The number of hydrogen-bond acceptors (Lipinski definition) is 10. The van der Waals surface area contributed by atoms with E-state index in [0.29, 0.717) is 23.0 Å². The number of fused-ring (bicyclic) bond motifs is 23. The molecule has 0 amide bonds. The van der Waals surface area contributed by atoms with Crippen LogP contribution >= 0.6 is 0 Å². The number of rotatable bonds is 4. The monoisotopic (exact) mass is 1240 g/mol. The first kappa shape index (κ1) is 53.9. The molecule has 4 aliphatic rings. The molecule has 0 aliphatic carbocycles. The molecule has 4 aliphatic heterocycles. The molecular formula is C86H52O10. The molecule has 96 heavy (non-hydrogen) atoms. The van der Waals surface area contributed by atoms with Gasteiger partial charge in [0.05, 0.1) is 0 Å². The molecule has 16 aromatic carbocycles. The third-order valence-electron chi connectivity index (χ3n) is 20.6. The molecule has 0 saturated carbocycles. The van der Waals surface area contributed by atoms with E-state index in [1.165, 1.54) is 0 Å². The van der Waals surface area contributed by atoms with Crippen molar-refractivity contribution in [3.8, 4) is 80.5 Å². The highest BCUT2D eigenvalue weighted by Crippen LogP contribution is 2.60. The zero-order valence-corrected chi connectivity index (χ0v) is 50.9. The average molecular weight is 1250 g/mol. The Balaban J connectivity index is 0.792. The van der Waals surface area contributed by atoms with Crippen LogP contribution in [0.3, 0.4) is 0 Å². The number of ether oxygens (including phenoxy) is 4. The highest BCUT2D eigenvalue weighted by molar-refractivity contribution is 6.02. The topological polar surface area (TPSA) is 158 Å². The summed E-state index contributed by atoms with van der Waals surface area (Å²) in [6.07, 6.45) is 0. The van der Waals surface area contributed by atoms with Crippen molar-refractivity contribution in [2.24, 2.45) is 0 Å². The maximum absolute atomic E-state index is 11.0. The van der Waals surface area contributed by atoms with Crippen molar-refractivity contribution in [1.82, 2.24) is 0 Å². The van der Waals surface area contributed by atoms with Crippen molar-refractivity contribution < 1.29 is 49.6 Å². The predicted molar refractivity (Wildman–Crippen MR) is 375 cm³/mol. The van der Waals surface area contributed by atoms with E-state index in [1.54, 1.807) is 72.8 Å². The summed E-state index contributed by atoms with van der Waals surface area (Å²) < 4.78 is 27.9. The highest BCUT2D eigenvalue weighted by Gasteiger charge is 2.40. The molecule has 4 heterocycles. The number of aromatic hydroxyl groups is 6. The molecule has 6 N–H and O–H groups in total. The van der Waals surface area contributed by atoms with Crippen molar-refractivity contribution in [3.63, 3.8) is 0 Å². The quantitative estimate of drug-likeness (QED) is 0.100. The van der Waals surface area contributed by atoms with E-state index in [0.717, 1.165) is 165 Å². The molecule has 2 unspecified atom stereocenters. The lowest BCUT2D eigenvalue weighted by Gasteiger charge is -2.34. The normalized spacial score (nSPS) is 15.2. The van der Waals surface area contributed by atoms with Crippen LogP contribution in [0, 0.1) is 0 Å². The maximum atomic E-state index is 11.0. The molecule has 16 aromatic rings.